The van der Waals surface area contributed by atoms with Gasteiger partial charge in [0.2, 0.25) is 0 Å². The Bertz CT molecular complexity index is 821. The number of para-hydroxylation sites is 1. The van der Waals surface area contributed by atoms with E-state index in [1.165, 1.54) is 18.5 Å². The molecular weight excluding hydrogens is 346 g/mol. The fourth-order valence-corrected chi connectivity index (χ4v) is 2.23. The van der Waals surface area contributed by atoms with Crippen LogP contribution in [-0.2, 0) is 0 Å². The second-order valence-electron chi connectivity index (χ2n) is 4.57. The predicted molar refractivity (Wildman–Crippen MR) is 89.8 cm³/mol. The van der Waals surface area contributed by atoms with E-state index in [4.69, 9.17) is 10.8 Å². The van der Waals surface area contributed by atoms with Crippen molar-refractivity contribution >= 4 is 38.5 Å². The van der Waals surface area contributed by atoms with Gasteiger partial charge in [0, 0.05) is 33.6 Å². The number of nitrogen functional groups attached to an aromatic ring is 1. The monoisotopic (exact) mass is 359 g/mol. The molecule has 0 unspecified atom stereocenters. The van der Waals surface area contributed by atoms with Crippen molar-refractivity contribution in [1.82, 2.24) is 9.97 Å². The summed E-state index contributed by atoms with van der Waals surface area (Å²) in [5, 5.41) is 9.48. The van der Waals surface area contributed by atoms with Crippen LogP contribution in [0.25, 0.3) is 10.9 Å². The first-order valence-corrected chi connectivity index (χ1v) is 7.22. The van der Waals surface area contributed by atoms with Crippen LogP contribution in [0.2, 0.25) is 0 Å². The highest BCUT2D eigenvalue weighted by atomic mass is 79.9. The van der Waals surface area contributed by atoms with E-state index in [9.17, 15) is 4.79 Å². The molecule has 0 saturated carbocycles. The maximum atomic E-state index is 10.3. The third-order valence-corrected chi connectivity index (χ3v) is 3.26. The zero-order valence-electron chi connectivity index (χ0n) is 11.8. The number of aromatic carboxylic acids is 1. The normalized spacial score (nSPS) is 9.91. The highest BCUT2D eigenvalue weighted by molar-refractivity contribution is 9.10. The van der Waals surface area contributed by atoms with Crippen LogP contribution < -0.4 is 5.73 Å². The van der Waals surface area contributed by atoms with Crippen molar-refractivity contribution in [1.29, 1.82) is 0 Å². The summed E-state index contributed by atoms with van der Waals surface area (Å²) in [4.78, 5) is 18.3. The summed E-state index contributed by atoms with van der Waals surface area (Å²) < 4.78 is 0.674. The number of carboxylic acid groups (broad SMARTS) is 1. The molecule has 0 aliphatic heterocycles. The van der Waals surface area contributed by atoms with Crippen LogP contribution in [0.4, 0.5) is 5.69 Å². The number of aromatic nitrogens is 2. The number of nitrogens with two attached hydrogens (primary N) is 1. The van der Waals surface area contributed by atoms with Gasteiger partial charge in [-0.2, -0.15) is 0 Å². The standard InChI is InChI=1S/C10H10N2.C6H4BrNO2/c1-7-6-9(11)8-4-2-3-5-10(8)12-7;7-5-1-4(6(9)10)2-8-3-5/h2-6H,1H3,(H2,11,12);1-3H,(H,9,10). The molecule has 0 aliphatic rings. The minimum atomic E-state index is -0.964. The lowest BCUT2D eigenvalue weighted by molar-refractivity contribution is 0.0696. The third-order valence-electron chi connectivity index (χ3n) is 2.83. The minimum Gasteiger partial charge on any atom is -0.478 e. The van der Waals surface area contributed by atoms with Gasteiger partial charge in [-0.3, -0.25) is 9.97 Å². The van der Waals surface area contributed by atoms with Crippen LogP contribution in [0.3, 0.4) is 0 Å². The lowest BCUT2D eigenvalue weighted by Gasteiger charge is -2.01. The molecule has 5 nitrogen and oxygen atoms in total. The average Bonchev–Trinajstić information content (AvgIpc) is 2.47. The largest absolute Gasteiger partial charge is 0.478 e. The minimum absolute atomic E-state index is 0.189. The highest BCUT2D eigenvalue weighted by Crippen LogP contribution is 2.19. The molecule has 3 aromatic rings. The van der Waals surface area contributed by atoms with Crippen molar-refractivity contribution in [3.63, 3.8) is 0 Å². The molecule has 0 saturated heterocycles. The quantitative estimate of drug-likeness (QED) is 0.691. The number of benzene rings is 1. The van der Waals surface area contributed by atoms with Gasteiger partial charge in [-0.15, -0.1) is 0 Å². The van der Waals surface area contributed by atoms with E-state index in [0.29, 0.717) is 4.47 Å². The van der Waals surface area contributed by atoms with E-state index in [-0.39, 0.29) is 5.56 Å². The third kappa shape index (κ3) is 4.02. The number of hydrogen-bond acceptors (Lipinski definition) is 4. The van der Waals surface area contributed by atoms with Crippen molar-refractivity contribution in [2.45, 2.75) is 6.92 Å². The van der Waals surface area contributed by atoms with Crippen molar-refractivity contribution in [2.24, 2.45) is 0 Å². The van der Waals surface area contributed by atoms with Gasteiger partial charge < -0.3 is 10.8 Å². The number of fused-ring (bicyclic) bond motifs is 1. The number of rotatable bonds is 1. The summed E-state index contributed by atoms with van der Waals surface area (Å²) in [5.74, 6) is -0.964. The van der Waals surface area contributed by atoms with Crippen LogP contribution in [-0.4, -0.2) is 21.0 Å². The molecule has 2 aromatic heterocycles. The van der Waals surface area contributed by atoms with E-state index in [0.717, 1.165) is 22.3 Å². The summed E-state index contributed by atoms with van der Waals surface area (Å²) in [6.07, 6.45) is 2.83. The molecule has 3 rings (SSSR count). The molecule has 0 amide bonds. The molecule has 2 heterocycles. The Balaban J connectivity index is 0.000000164. The number of halogens is 1. The summed E-state index contributed by atoms with van der Waals surface area (Å²) in [7, 11) is 0. The molecule has 0 atom stereocenters. The lowest BCUT2D eigenvalue weighted by Crippen LogP contribution is -1.95. The van der Waals surface area contributed by atoms with Crippen LogP contribution >= 0.6 is 15.9 Å². The SMILES string of the molecule is Cc1cc(N)c2ccccc2n1.O=C(O)c1cncc(Br)c1. The number of carboxylic acids is 1. The van der Waals surface area contributed by atoms with Gasteiger partial charge in [-0.1, -0.05) is 18.2 Å². The van der Waals surface area contributed by atoms with E-state index in [2.05, 4.69) is 25.9 Å². The number of hydrogen-bond donors (Lipinski definition) is 2. The number of anilines is 1. The van der Waals surface area contributed by atoms with Gasteiger partial charge in [0.25, 0.3) is 0 Å². The maximum absolute atomic E-state index is 10.3. The molecule has 0 fully saturated rings. The number of aryl methyl sites for hydroxylation is 1. The molecule has 3 N–H and O–H groups in total. The van der Waals surface area contributed by atoms with Crippen molar-refractivity contribution in [3.8, 4) is 0 Å². The predicted octanol–water partition coefficient (Wildman–Crippen LogP) is 3.67. The van der Waals surface area contributed by atoms with Gasteiger partial charge in [-0.05, 0) is 41.1 Å². The Morgan fingerprint density at radius 3 is 2.59 bits per heavy atom. The molecule has 0 radical (unpaired) electrons. The van der Waals surface area contributed by atoms with E-state index < -0.39 is 5.97 Å². The first-order valence-electron chi connectivity index (χ1n) is 6.43. The number of pyridine rings is 2. The Morgan fingerprint density at radius 1 is 1.23 bits per heavy atom. The van der Waals surface area contributed by atoms with Crippen molar-refractivity contribution < 1.29 is 9.90 Å². The van der Waals surface area contributed by atoms with E-state index in [1.807, 2.05) is 37.3 Å². The fourth-order valence-electron chi connectivity index (χ4n) is 1.87. The van der Waals surface area contributed by atoms with Crippen LogP contribution in [0.5, 0.6) is 0 Å². The Kier molecular flexibility index (Phi) is 5.06. The molecule has 0 spiro atoms. The van der Waals surface area contributed by atoms with Crippen molar-refractivity contribution in [3.05, 3.63) is 64.5 Å². The zero-order chi connectivity index (χ0) is 16.1. The van der Waals surface area contributed by atoms with Gasteiger partial charge in [0.1, 0.15) is 0 Å². The highest BCUT2D eigenvalue weighted by Gasteiger charge is 2.01. The van der Waals surface area contributed by atoms with E-state index >= 15 is 0 Å². The maximum Gasteiger partial charge on any atom is 0.337 e. The first-order chi connectivity index (χ1) is 10.5. The molecule has 6 heteroatoms. The summed E-state index contributed by atoms with van der Waals surface area (Å²) in [6, 6.07) is 11.3. The second-order valence-corrected chi connectivity index (χ2v) is 5.48. The molecule has 0 aliphatic carbocycles. The van der Waals surface area contributed by atoms with Crippen LogP contribution in [0.15, 0.2) is 53.3 Å². The fraction of sp³-hybridized carbons (Fsp3) is 0.0625. The van der Waals surface area contributed by atoms with Crippen molar-refractivity contribution in [2.75, 3.05) is 5.73 Å². The number of carbonyl (C=O) groups is 1. The Hall–Kier alpha value is -2.47. The van der Waals surface area contributed by atoms with E-state index in [1.54, 1.807) is 0 Å². The molecule has 0 bridgehead atoms. The van der Waals surface area contributed by atoms with Crippen LogP contribution in [0.1, 0.15) is 16.1 Å². The first kappa shape index (κ1) is 15.9. The molecule has 22 heavy (non-hydrogen) atoms. The average molecular weight is 360 g/mol. The summed E-state index contributed by atoms with van der Waals surface area (Å²) >= 11 is 3.10. The van der Waals surface area contributed by atoms with Gasteiger partial charge in [0.05, 0.1) is 11.1 Å². The smallest absolute Gasteiger partial charge is 0.337 e. The second kappa shape index (κ2) is 7.00. The zero-order valence-corrected chi connectivity index (χ0v) is 13.4. The molecular formula is C16H14BrN3O2. The Morgan fingerprint density at radius 2 is 1.95 bits per heavy atom. The topological polar surface area (TPSA) is 89.1 Å². The van der Waals surface area contributed by atoms with Gasteiger partial charge in [-0.25, -0.2) is 4.79 Å². The van der Waals surface area contributed by atoms with Gasteiger partial charge >= 0.3 is 5.97 Å². The number of nitrogens with zero attached hydrogens (tertiary/aromatic N) is 2. The lowest BCUT2D eigenvalue weighted by atomic mass is 10.2. The molecule has 112 valence electrons. The van der Waals surface area contributed by atoms with Crippen LogP contribution in [0, 0.1) is 6.92 Å². The Labute approximate surface area is 136 Å². The molecule has 1 aromatic carbocycles. The summed E-state index contributed by atoms with van der Waals surface area (Å²) in [5.41, 5.74) is 8.74. The summed E-state index contributed by atoms with van der Waals surface area (Å²) in [6.45, 7) is 1.95. The van der Waals surface area contributed by atoms with Gasteiger partial charge in [0.15, 0.2) is 0 Å².